The third-order valence-electron chi connectivity index (χ3n) is 2.52. The molecular weight excluding hydrogens is 254 g/mol. The Labute approximate surface area is 101 Å². The van der Waals surface area contributed by atoms with E-state index in [1.807, 2.05) is 0 Å². The number of rotatable bonds is 6. The third-order valence-corrected chi connectivity index (χ3v) is 2.87. The van der Waals surface area contributed by atoms with Crippen LogP contribution in [0.2, 0.25) is 0 Å². The van der Waals surface area contributed by atoms with E-state index in [-0.39, 0.29) is 0 Å². The minimum Gasteiger partial charge on any atom is -0.297 e. The summed E-state index contributed by atoms with van der Waals surface area (Å²) in [4.78, 5) is 2.41. The van der Waals surface area contributed by atoms with Crippen molar-refractivity contribution >= 4 is 15.9 Å². The Bertz CT molecular complexity index is 296. The van der Waals surface area contributed by atoms with Gasteiger partial charge in [0.2, 0.25) is 0 Å². The lowest BCUT2D eigenvalue weighted by Crippen LogP contribution is -2.26. The van der Waals surface area contributed by atoms with Crippen molar-refractivity contribution in [3.63, 3.8) is 0 Å². The SMILES string of the molecule is CCN(CCBr)Cc1cc(C)nn1CC. The highest BCUT2D eigenvalue weighted by Crippen LogP contribution is 2.07. The number of aryl methyl sites for hydroxylation is 2. The molecule has 0 unspecified atom stereocenters. The first-order valence-corrected chi connectivity index (χ1v) is 6.65. The van der Waals surface area contributed by atoms with Crippen LogP contribution in [-0.2, 0) is 13.1 Å². The number of hydrogen-bond acceptors (Lipinski definition) is 2. The van der Waals surface area contributed by atoms with Gasteiger partial charge in [-0.25, -0.2) is 0 Å². The molecule has 0 N–H and O–H groups in total. The molecule has 0 fully saturated rings. The molecule has 0 aromatic carbocycles. The van der Waals surface area contributed by atoms with E-state index in [4.69, 9.17) is 0 Å². The van der Waals surface area contributed by atoms with E-state index in [2.05, 4.69) is 57.4 Å². The van der Waals surface area contributed by atoms with E-state index in [0.29, 0.717) is 0 Å². The van der Waals surface area contributed by atoms with Gasteiger partial charge in [-0.15, -0.1) is 0 Å². The van der Waals surface area contributed by atoms with Crippen molar-refractivity contribution in [2.45, 2.75) is 33.9 Å². The Morgan fingerprint density at radius 1 is 1.47 bits per heavy atom. The minimum absolute atomic E-state index is 0.953. The predicted octanol–water partition coefficient (Wildman–Crippen LogP) is 2.43. The summed E-state index contributed by atoms with van der Waals surface area (Å²) in [7, 11) is 0. The van der Waals surface area contributed by atoms with Crippen LogP contribution in [-0.4, -0.2) is 33.1 Å². The molecular formula is C11H20BrN3. The fourth-order valence-corrected chi connectivity index (χ4v) is 2.20. The molecule has 3 nitrogen and oxygen atoms in total. The smallest absolute Gasteiger partial charge is 0.0597 e. The van der Waals surface area contributed by atoms with Crippen LogP contribution in [0.4, 0.5) is 0 Å². The lowest BCUT2D eigenvalue weighted by atomic mass is 10.3. The molecule has 1 aromatic rings. The van der Waals surface area contributed by atoms with Crippen molar-refractivity contribution in [3.05, 3.63) is 17.5 Å². The maximum absolute atomic E-state index is 4.45. The molecule has 0 aliphatic carbocycles. The van der Waals surface area contributed by atoms with Crippen LogP contribution in [0, 0.1) is 6.92 Å². The van der Waals surface area contributed by atoms with Crippen molar-refractivity contribution < 1.29 is 0 Å². The average Bonchev–Trinajstić information content (AvgIpc) is 2.58. The Morgan fingerprint density at radius 2 is 2.20 bits per heavy atom. The predicted molar refractivity (Wildman–Crippen MR) is 67.4 cm³/mol. The third kappa shape index (κ3) is 3.61. The average molecular weight is 274 g/mol. The monoisotopic (exact) mass is 273 g/mol. The number of alkyl halides is 1. The van der Waals surface area contributed by atoms with Crippen LogP contribution in [0.25, 0.3) is 0 Å². The highest BCUT2D eigenvalue weighted by atomic mass is 79.9. The van der Waals surface area contributed by atoms with Crippen LogP contribution in [0.5, 0.6) is 0 Å². The Kier molecular flexibility index (Phi) is 5.32. The number of aromatic nitrogens is 2. The molecule has 0 amide bonds. The molecule has 1 rings (SSSR count). The van der Waals surface area contributed by atoms with Crippen LogP contribution >= 0.6 is 15.9 Å². The summed E-state index contributed by atoms with van der Waals surface area (Å²) in [5.41, 5.74) is 2.43. The molecule has 0 saturated heterocycles. The van der Waals surface area contributed by atoms with Gasteiger partial charge in [-0.05, 0) is 26.5 Å². The summed E-state index contributed by atoms with van der Waals surface area (Å²) >= 11 is 3.48. The maximum atomic E-state index is 4.45. The summed E-state index contributed by atoms with van der Waals surface area (Å²) in [6.07, 6.45) is 0. The second kappa shape index (κ2) is 6.28. The quantitative estimate of drug-likeness (QED) is 0.743. The summed E-state index contributed by atoms with van der Waals surface area (Å²) in [6.45, 7) is 10.5. The van der Waals surface area contributed by atoms with Crippen molar-refractivity contribution in [2.24, 2.45) is 0 Å². The lowest BCUT2D eigenvalue weighted by molar-refractivity contribution is 0.289. The van der Waals surface area contributed by atoms with Gasteiger partial charge < -0.3 is 0 Å². The molecule has 0 saturated carbocycles. The molecule has 4 heteroatoms. The van der Waals surface area contributed by atoms with E-state index in [1.165, 1.54) is 5.69 Å². The van der Waals surface area contributed by atoms with Crippen molar-refractivity contribution in [2.75, 3.05) is 18.4 Å². The minimum atomic E-state index is 0.953. The molecule has 1 aromatic heterocycles. The van der Waals surface area contributed by atoms with E-state index >= 15 is 0 Å². The van der Waals surface area contributed by atoms with Crippen LogP contribution < -0.4 is 0 Å². The van der Waals surface area contributed by atoms with Crippen LogP contribution in [0.15, 0.2) is 6.07 Å². The molecule has 0 spiro atoms. The van der Waals surface area contributed by atoms with Crippen molar-refractivity contribution in [1.29, 1.82) is 0 Å². The van der Waals surface area contributed by atoms with Gasteiger partial charge in [0.05, 0.1) is 11.4 Å². The summed E-state index contributed by atoms with van der Waals surface area (Å²) < 4.78 is 2.09. The fourth-order valence-electron chi connectivity index (χ4n) is 1.70. The van der Waals surface area contributed by atoms with E-state index in [1.54, 1.807) is 0 Å². The summed E-state index contributed by atoms with van der Waals surface area (Å²) in [5, 5.41) is 5.48. The van der Waals surface area contributed by atoms with Gasteiger partial charge in [0, 0.05) is 25.0 Å². The molecule has 0 aliphatic heterocycles. The zero-order chi connectivity index (χ0) is 11.3. The van der Waals surface area contributed by atoms with Gasteiger partial charge in [-0.3, -0.25) is 9.58 Å². The van der Waals surface area contributed by atoms with Crippen molar-refractivity contribution in [1.82, 2.24) is 14.7 Å². The highest BCUT2D eigenvalue weighted by molar-refractivity contribution is 9.09. The molecule has 0 bridgehead atoms. The van der Waals surface area contributed by atoms with Gasteiger partial charge in [0.15, 0.2) is 0 Å². The standard InChI is InChI=1S/C11H20BrN3/c1-4-14(7-6-12)9-11-8-10(3)13-15(11)5-2/h8H,4-7,9H2,1-3H3. The topological polar surface area (TPSA) is 21.1 Å². The first kappa shape index (κ1) is 12.7. The Balaban J connectivity index is 2.68. The number of nitrogens with zero attached hydrogens (tertiary/aromatic N) is 3. The molecule has 1 heterocycles. The zero-order valence-electron chi connectivity index (χ0n) is 9.83. The molecule has 0 radical (unpaired) electrons. The van der Waals surface area contributed by atoms with Crippen LogP contribution in [0.1, 0.15) is 25.2 Å². The van der Waals surface area contributed by atoms with Crippen molar-refractivity contribution in [3.8, 4) is 0 Å². The van der Waals surface area contributed by atoms with Gasteiger partial charge in [0.1, 0.15) is 0 Å². The normalized spacial score (nSPS) is 11.3. The second-order valence-electron chi connectivity index (χ2n) is 3.65. The summed E-state index contributed by atoms with van der Waals surface area (Å²) in [6, 6.07) is 2.18. The lowest BCUT2D eigenvalue weighted by Gasteiger charge is -2.19. The van der Waals surface area contributed by atoms with E-state index in [0.717, 1.165) is 37.2 Å². The molecule has 0 atom stereocenters. The van der Waals surface area contributed by atoms with Crippen LogP contribution in [0.3, 0.4) is 0 Å². The zero-order valence-corrected chi connectivity index (χ0v) is 11.4. The number of halogens is 1. The summed E-state index contributed by atoms with van der Waals surface area (Å²) in [5.74, 6) is 0. The molecule has 0 aliphatic rings. The first-order chi connectivity index (χ1) is 7.21. The second-order valence-corrected chi connectivity index (χ2v) is 4.44. The Hall–Kier alpha value is -0.350. The largest absolute Gasteiger partial charge is 0.297 e. The molecule has 15 heavy (non-hydrogen) atoms. The van der Waals surface area contributed by atoms with Gasteiger partial charge in [-0.2, -0.15) is 5.10 Å². The first-order valence-electron chi connectivity index (χ1n) is 5.52. The van der Waals surface area contributed by atoms with E-state index in [9.17, 15) is 0 Å². The number of hydrogen-bond donors (Lipinski definition) is 0. The van der Waals surface area contributed by atoms with Gasteiger partial charge >= 0.3 is 0 Å². The fraction of sp³-hybridized carbons (Fsp3) is 0.727. The maximum Gasteiger partial charge on any atom is 0.0597 e. The molecule has 86 valence electrons. The highest BCUT2D eigenvalue weighted by Gasteiger charge is 2.08. The van der Waals surface area contributed by atoms with E-state index < -0.39 is 0 Å². The Morgan fingerprint density at radius 3 is 2.73 bits per heavy atom. The van der Waals surface area contributed by atoms with Gasteiger partial charge in [0.25, 0.3) is 0 Å². The van der Waals surface area contributed by atoms with Gasteiger partial charge in [-0.1, -0.05) is 22.9 Å².